The SMILES string of the molecule is CCn1ccc(-c2nnc3n2-c2ccccc2C(=O)N(C)C3)n1. The van der Waals surface area contributed by atoms with Crippen LogP contribution in [-0.4, -0.2) is 42.4 Å². The van der Waals surface area contributed by atoms with Gasteiger partial charge in [-0.2, -0.15) is 5.10 Å². The smallest absolute Gasteiger partial charge is 0.256 e. The number of amides is 1. The molecule has 7 nitrogen and oxygen atoms in total. The highest BCUT2D eigenvalue weighted by molar-refractivity contribution is 5.98. The Kier molecular flexibility index (Phi) is 3.00. The van der Waals surface area contributed by atoms with Crippen LogP contribution in [-0.2, 0) is 13.1 Å². The summed E-state index contributed by atoms with van der Waals surface area (Å²) < 4.78 is 3.77. The molecule has 0 spiro atoms. The zero-order chi connectivity index (χ0) is 16.0. The molecule has 23 heavy (non-hydrogen) atoms. The Labute approximate surface area is 133 Å². The topological polar surface area (TPSA) is 68.8 Å². The van der Waals surface area contributed by atoms with Gasteiger partial charge < -0.3 is 4.90 Å². The van der Waals surface area contributed by atoms with E-state index in [1.165, 1.54) is 0 Å². The van der Waals surface area contributed by atoms with Gasteiger partial charge in [-0.25, -0.2) is 0 Å². The Morgan fingerprint density at radius 2 is 2.00 bits per heavy atom. The zero-order valence-corrected chi connectivity index (χ0v) is 13.0. The van der Waals surface area contributed by atoms with E-state index in [0.29, 0.717) is 17.9 Å². The van der Waals surface area contributed by atoms with E-state index < -0.39 is 0 Å². The highest BCUT2D eigenvalue weighted by atomic mass is 16.2. The number of para-hydroxylation sites is 1. The lowest BCUT2D eigenvalue weighted by atomic mass is 10.1. The first-order valence-electron chi connectivity index (χ1n) is 7.52. The predicted molar refractivity (Wildman–Crippen MR) is 84.1 cm³/mol. The minimum atomic E-state index is -0.0175. The molecular weight excluding hydrogens is 292 g/mol. The van der Waals surface area contributed by atoms with Gasteiger partial charge in [0.05, 0.1) is 17.8 Å². The van der Waals surface area contributed by atoms with Gasteiger partial charge in [-0.15, -0.1) is 10.2 Å². The maximum atomic E-state index is 12.5. The van der Waals surface area contributed by atoms with Gasteiger partial charge in [-0.1, -0.05) is 12.1 Å². The molecule has 0 saturated carbocycles. The first-order chi connectivity index (χ1) is 11.2. The first kappa shape index (κ1) is 13.7. The van der Waals surface area contributed by atoms with Crippen molar-refractivity contribution in [1.29, 1.82) is 0 Å². The van der Waals surface area contributed by atoms with Crippen LogP contribution in [0.2, 0.25) is 0 Å². The van der Waals surface area contributed by atoms with Crippen molar-refractivity contribution in [3.8, 4) is 17.2 Å². The van der Waals surface area contributed by atoms with Crippen LogP contribution < -0.4 is 0 Å². The Morgan fingerprint density at radius 1 is 1.17 bits per heavy atom. The molecule has 0 aliphatic carbocycles. The van der Waals surface area contributed by atoms with E-state index in [1.54, 1.807) is 11.9 Å². The van der Waals surface area contributed by atoms with Gasteiger partial charge in [0.1, 0.15) is 5.69 Å². The van der Waals surface area contributed by atoms with Crippen LogP contribution in [0.3, 0.4) is 0 Å². The zero-order valence-electron chi connectivity index (χ0n) is 13.0. The van der Waals surface area contributed by atoms with Crippen molar-refractivity contribution in [1.82, 2.24) is 29.4 Å². The number of carbonyl (C=O) groups is 1. The van der Waals surface area contributed by atoms with Crippen molar-refractivity contribution in [3.63, 3.8) is 0 Å². The molecule has 0 unspecified atom stereocenters. The van der Waals surface area contributed by atoms with Crippen molar-refractivity contribution in [3.05, 3.63) is 47.9 Å². The van der Waals surface area contributed by atoms with Crippen LogP contribution in [0.15, 0.2) is 36.5 Å². The first-order valence-corrected chi connectivity index (χ1v) is 7.52. The minimum absolute atomic E-state index is 0.0175. The van der Waals surface area contributed by atoms with E-state index in [0.717, 1.165) is 23.8 Å². The van der Waals surface area contributed by atoms with Crippen molar-refractivity contribution in [2.24, 2.45) is 0 Å². The van der Waals surface area contributed by atoms with Crippen molar-refractivity contribution >= 4 is 5.91 Å². The Balaban J connectivity index is 1.96. The molecule has 4 rings (SSSR count). The van der Waals surface area contributed by atoms with E-state index in [-0.39, 0.29) is 5.91 Å². The number of hydrogen-bond donors (Lipinski definition) is 0. The summed E-state index contributed by atoms with van der Waals surface area (Å²) in [6, 6.07) is 9.44. The fourth-order valence-electron chi connectivity index (χ4n) is 2.83. The highest BCUT2D eigenvalue weighted by Crippen LogP contribution is 2.28. The van der Waals surface area contributed by atoms with Crippen LogP contribution in [0.5, 0.6) is 0 Å². The molecule has 0 fully saturated rings. The number of rotatable bonds is 2. The minimum Gasteiger partial charge on any atom is -0.334 e. The van der Waals surface area contributed by atoms with E-state index >= 15 is 0 Å². The number of benzene rings is 1. The van der Waals surface area contributed by atoms with E-state index in [4.69, 9.17) is 0 Å². The summed E-state index contributed by atoms with van der Waals surface area (Å²) >= 11 is 0. The maximum absolute atomic E-state index is 12.5. The van der Waals surface area contributed by atoms with Crippen molar-refractivity contribution < 1.29 is 4.79 Å². The normalized spacial score (nSPS) is 13.7. The molecule has 1 aliphatic rings. The quantitative estimate of drug-likeness (QED) is 0.723. The molecule has 0 atom stereocenters. The van der Waals surface area contributed by atoms with Gasteiger partial charge >= 0.3 is 0 Å². The van der Waals surface area contributed by atoms with Gasteiger partial charge in [0.15, 0.2) is 11.6 Å². The summed E-state index contributed by atoms with van der Waals surface area (Å²) in [5, 5.41) is 13.1. The predicted octanol–water partition coefficient (Wildman–Crippen LogP) is 1.74. The fourth-order valence-corrected chi connectivity index (χ4v) is 2.83. The number of aryl methyl sites for hydroxylation is 1. The van der Waals surface area contributed by atoms with E-state index in [9.17, 15) is 4.79 Å². The van der Waals surface area contributed by atoms with Crippen LogP contribution >= 0.6 is 0 Å². The number of hydrogen-bond acceptors (Lipinski definition) is 4. The second-order valence-electron chi connectivity index (χ2n) is 5.51. The lowest BCUT2D eigenvalue weighted by Crippen LogP contribution is -2.25. The van der Waals surface area contributed by atoms with Gasteiger partial charge in [0.25, 0.3) is 5.91 Å². The lowest BCUT2D eigenvalue weighted by molar-refractivity contribution is 0.0786. The summed E-state index contributed by atoms with van der Waals surface area (Å²) in [6.07, 6.45) is 1.91. The Bertz CT molecular complexity index is 894. The van der Waals surface area contributed by atoms with Crippen LogP contribution in [0.1, 0.15) is 23.1 Å². The summed E-state index contributed by atoms with van der Waals surface area (Å²) in [7, 11) is 1.77. The Morgan fingerprint density at radius 3 is 2.78 bits per heavy atom. The molecule has 2 aromatic heterocycles. The monoisotopic (exact) mass is 308 g/mol. The largest absolute Gasteiger partial charge is 0.334 e. The molecule has 0 N–H and O–H groups in total. The molecule has 1 aliphatic heterocycles. The molecule has 116 valence electrons. The van der Waals surface area contributed by atoms with Gasteiger partial charge in [0.2, 0.25) is 0 Å². The van der Waals surface area contributed by atoms with E-state index in [2.05, 4.69) is 15.3 Å². The van der Waals surface area contributed by atoms with Crippen molar-refractivity contribution in [2.75, 3.05) is 7.05 Å². The molecule has 1 amide bonds. The number of nitrogens with zero attached hydrogens (tertiary/aromatic N) is 6. The molecular formula is C16H16N6O. The second-order valence-corrected chi connectivity index (χ2v) is 5.51. The number of aromatic nitrogens is 5. The van der Waals surface area contributed by atoms with Crippen LogP contribution in [0, 0.1) is 0 Å². The summed E-state index contributed by atoms with van der Waals surface area (Å²) in [4.78, 5) is 14.2. The average molecular weight is 308 g/mol. The Hall–Kier alpha value is -2.96. The molecule has 3 aromatic rings. The maximum Gasteiger partial charge on any atom is 0.256 e. The molecule has 7 heteroatoms. The summed E-state index contributed by atoms with van der Waals surface area (Å²) in [6.45, 7) is 3.23. The third-order valence-corrected chi connectivity index (χ3v) is 4.02. The van der Waals surface area contributed by atoms with E-state index in [1.807, 2.05) is 52.7 Å². The lowest BCUT2D eigenvalue weighted by Gasteiger charge is -2.12. The molecule has 0 radical (unpaired) electrons. The molecule has 0 saturated heterocycles. The highest BCUT2D eigenvalue weighted by Gasteiger charge is 2.27. The van der Waals surface area contributed by atoms with Crippen molar-refractivity contribution in [2.45, 2.75) is 20.0 Å². The fraction of sp³-hybridized carbons (Fsp3) is 0.250. The molecule has 0 bridgehead atoms. The number of carbonyl (C=O) groups excluding carboxylic acids is 1. The third-order valence-electron chi connectivity index (χ3n) is 4.02. The summed E-state index contributed by atoms with van der Waals surface area (Å²) in [5.74, 6) is 1.37. The number of fused-ring (bicyclic) bond motifs is 3. The molecule has 3 heterocycles. The average Bonchev–Trinajstić information content (AvgIpc) is 3.18. The second kappa shape index (κ2) is 5.05. The van der Waals surface area contributed by atoms with Gasteiger partial charge in [0, 0.05) is 19.8 Å². The third kappa shape index (κ3) is 2.04. The summed E-state index contributed by atoms with van der Waals surface area (Å²) in [5.41, 5.74) is 2.19. The standard InChI is InChI=1S/C16H16N6O/c1-3-21-9-8-12(19-21)15-18-17-14-10-20(2)16(23)11-6-4-5-7-13(11)22(14)15/h4-9H,3,10H2,1-2H3. The van der Waals surface area contributed by atoms with Gasteiger partial charge in [-0.3, -0.25) is 14.0 Å². The van der Waals surface area contributed by atoms with Crippen LogP contribution in [0.4, 0.5) is 0 Å². The van der Waals surface area contributed by atoms with Gasteiger partial charge in [-0.05, 0) is 25.1 Å². The van der Waals surface area contributed by atoms with Crippen LogP contribution in [0.25, 0.3) is 17.2 Å². The molecule has 1 aromatic carbocycles.